The molecule has 8 nitrogen and oxygen atoms in total. The summed E-state index contributed by atoms with van der Waals surface area (Å²) in [4.78, 5) is 31.7. The van der Waals surface area contributed by atoms with Crippen LogP contribution in [0.5, 0.6) is 0 Å². The van der Waals surface area contributed by atoms with Crippen LogP contribution >= 0.6 is 11.3 Å². The van der Waals surface area contributed by atoms with Crippen molar-refractivity contribution in [3.63, 3.8) is 0 Å². The van der Waals surface area contributed by atoms with Gasteiger partial charge >= 0.3 is 10.8 Å². The molecule has 2 aromatic heterocycles. The van der Waals surface area contributed by atoms with Gasteiger partial charge in [-0.1, -0.05) is 18.3 Å². The summed E-state index contributed by atoms with van der Waals surface area (Å²) in [6.45, 7) is 4.94. The number of fused-ring (bicyclic) bond motifs is 1. The molecule has 9 heteroatoms. The molecule has 1 aliphatic rings. The van der Waals surface area contributed by atoms with Gasteiger partial charge in [-0.25, -0.2) is 9.97 Å². The Morgan fingerprint density at radius 3 is 3.04 bits per heavy atom. The molecule has 0 aromatic carbocycles. The van der Waals surface area contributed by atoms with E-state index in [1.54, 1.807) is 13.1 Å². The molecule has 0 bridgehead atoms. The van der Waals surface area contributed by atoms with Crippen molar-refractivity contribution in [2.45, 2.75) is 58.2 Å². The minimum atomic E-state index is -0.884. The summed E-state index contributed by atoms with van der Waals surface area (Å²) in [5.41, 5.74) is 0.447. The van der Waals surface area contributed by atoms with Crippen LogP contribution in [0.1, 0.15) is 38.7 Å². The number of rotatable bonds is 4. The van der Waals surface area contributed by atoms with E-state index in [1.807, 2.05) is 6.92 Å². The highest BCUT2D eigenvalue weighted by Crippen LogP contribution is 2.33. The summed E-state index contributed by atoms with van der Waals surface area (Å²) < 4.78 is 13.1. The van der Waals surface area contributed by atoms with Crippen molar-refractivity contribution in [2.24, 2.45) is 0 Å². The van der Waals surface area contributed by atoms with Crippen molar-refractivity contribution in [2.75, 3.05) is 0 Å². The molecule has 2 aromatic rings. The lowest BCUT2D eigenvalue weighted by Crippen LogP contribution is -2.31. The Morgan fingerprint density at radius 2 is 2.38 bits per heavy atom. The van der Waals surface area contributed by atoms with E-state index in [4.69, 9.17) is 9.47 Å². The molecule has 130 valence electrons. The van der Waals surface area contributed by atoms with E-state index in [2.05, 4.69) is 9.97 Å². The van der Waals surface area contributed by atoms with Gasteiger partial charge in [-0.05, 0) is 13.3 Å². The normalized spacial score (nSPS) is 25.1. The van der Waals surface area contributed by atoms with Gasteiger partial charge in [0, 0.05) is 13.3 Å². The highest BCUT2D eigenvalue weighted by Gasteiger charge is 2.41. The molecular formula is C15H19N3O5S. The van der Waals surface area contributed by atoms with E-state index in [-0.39, 0.29) is 11.3 Å². The molecule has 0 aliphatic carbocycles. The summed E-state index contributed by atoms with van der Waals surface area (Å²) in [6.07, 6.45) is -0.232. The van der Waals surface area contributed by atoms with Crippen LogP contribution in [0.4, 0.5) is 0 Å². The SMILES string of the molecule is CC[C@H](OC(C)=O)[C@@H]1C[C@@H](O)[C@H](n2c(=O)sc3cnc(C)nc32)O1. The van der Waals surface area contributed by atoms with Crippen molar-refractivity contribution in [1.82, 2.24) is 14.5 Å². The zero-order valence-corrected chi connectivity index (χ0v) is 14.4. The summed E-state index contributed by atoms with van der Waals surface area (Å²) in [5, 5.41) is 10.4. The van der Waals surface area contributed by atoms with Gasteiger partial charge in [0.1, 0.15) is 18.0 Å². The lowest BCUT2D eigenvalue weighted by Gasteiger charge is -2.22. The molecule has 1 fully saturated rings. The van der Waals surface area contributed by atoms with E-state index in [9.17, 15) is 14.7 Å². The Hall–Kier alpha value is -1.84. The number of esters is 1. The Labute approximate surface area is 142 Å². The molecule has 1 saturated heterocycles. The first kappa shape index (κ1) is 17.0. The maximum atomic E-state index is 12.3. The second-order valence-corrected chi connectivity index (χ2v) is 6.76. The van der Waals surface area contributed by atoms with E-state index >= 15 is 0 Å². The number of nitrogens with zero attached hydrogens (tertiary/aromatic N) is 3. The average Bonchev–Trinajstić information content (AvgIpc) is 3.03. The number of hydrogen-bond donors (Lipinski definition) is 1. The number of carbonyl (C=O) groups is 1. The van der Waals surface area contributed by atoms with Crippen LogP contribution < -0.4 is 4.87 Å². The molecule has 3 heterocycles. The third kappa shape index (κ3) is 3.06. The van der Waals surface area contributed by atoms with Crippen LogP contribution in [0, 0.1) is 6.92 Å². The minimum Gasteiger partial charge on any atom is -0.460 e. The van der Waals surface area contributed by atoms with Gasteiger partial charge in [0.2, 0.25) is 0 Å². The van der Waals surface area contributed by atoms with Crippen LogP contribution in [-0.4, -0.2) is 43.9 Å². The van der Waals surface area contributed by atoms with Crippen molar-refractivity contribution >= 4 is 27.7 Å². The third-order valence-electron chi connectivity index (χ3n) is 3.98. The van der Waals surface area contributed by atoms with E-state index in [0.29, 0.717) is 22.6 Å². The molecule has 0 spiro atoms. The fourth-order valence-electron chi connectivity index (χ4n) is 2.93. The minimum absolute atomic E-state index is 0.268. The number of aliphatic hydroxyl groups is 1. The Kier molecular flexibility index (Phi) is 4.66. The monoisotopic (exact) mass is 353 g/mol. The fraction of sp³-hybridized carbons (Fsp3) is 0.600. The molecule has 24 heavy (non-hydrogen) atoms. The van der Waals surface area contributed by atoms with Gasteiger partial charge in [-0.3, -0.25) is 14.2 Å². The number of hydrogen-bond acceptors (Lipinski definition) is 8. The highest BCUT2D eigenvalue weighted by molar-refractivity contribution is 7.16. The van der Waals surface area contributed by atoms with Crippen molar-refractivity contribution in [3.8, 4) is 0 Å². The molecular weight excluding hydrogens is 334 g/mol. The molecule has 0 unspecified atom stereocenters. The van der Waals surface area contributed by atoms with Gasteiger partial charge in [-0.15, -0.1) is 0 Å². The number of ether oxygens (including phenoxy) is 2. The second-order valence-electron chi connectivity index (χ2n) is 5.77. The molecule has 0 saturated carbocycles. The molecule has 1 N–H and O–H groups in total. The van der Waals surface area contributed by atoms with Crippen LogP contribution in [-0.2, 0) is 14.3 Å². The third-order valence-corrected chi connectivity index (χ3v) is 4.86. The lowest BCUT2D eigenvalue weighted by atomic mass is 10.1. The summed E-state index contributed by atoms with van der Waals surface area (Å²) >= 11 is 1.01. The van der Waals surface area contributed by atoms with Crippen molar-refractivity contribution in [3.05, 3.63) is 21.7 Å². The van der Waals surface area contributed by atoms with Gasteiger partial charge in [0.25, 0.3) is 0 Å². The predicted molar refractivity (Wildman–Crippen MR) is 86.8 cm³/mol. The summed E-state index contributed by atoms with van der Waals surface area (Å²) in [6, 6.07) is 0. The topological polar surface area (TPSA) is 104 Å². The first-order chi connectivity index (χ1) is 11.4. The fourth-order valence-corrected chi connectivity index (χ4v) is 3.75. The van der Waals surface area contributed by atoms with E-state index in [0.717, 1.165) is 11.3 Å². The molecule has 1 aliphatic heterocycles. The molecule has 3 rings (SSSR count). The standard InChI is InChI=1S/C15H19N3O5S/c1-4-10(22-8(3)19)11-5-9(20)14(23-11)18-13-12(24-15(18)21)6-16-7(2)17-13/h6,9-11,14,20H,4-5H2,1-3H3/t9-,10+,11+,14-/m1/s1. The maximum absolute atomic E-state index is 12.3. The van der Waals surface area contributed by atoms with Gasteiger partial charge in [0.05, 0.1) is 17.0 Å². The first-order valence-electron chi connectivity index (χ1n) is 7.76. The smallest absolute Gasteiger partial charge is 0.311 e. The predicted octanol–water partition coefficient (Wildman–Crippen LogP) is 1.15. The number of aryl methyl sites for hydroxylation is 1. The Morgan fingerprint density at radius 1 is 1.62 bits per heavy atom. The largest absolute Gasteiger partial charge is 0.460 e. The van der Waals surface area contributed by atoms with Crippen molar-refractivity contribution in [1.29, 1.82) is 0 Å². The van der Waals surface area contributed by atoms with Crippen LogP contribution in [0.15, 0.2) is 11.0 Å². The number of aromatic nitrogens is 3. The Bertz CT molecular complexity index is 817. The van der Waals surface area contributed by atoms with Crippen LogP contribution in [0.2, 0.25) is 0 Å². The average molecular weight is 353 g/mol. The van der Waals surface area contributed by atoms with E-state index < -0.39 is 30.5 Å². The second kappa shape index (κ2) is 6.58. The van der Waals surface area contributed by atoms with E-state index in [1.165, 1.54) is 11.5 Å². The number of aliphatic hydroxyl groups excluding tert-OH is 1. The molecule has 0 amide bonds. The van der Waals surface area contributed by atoms with Gasteiger partial charge < -0.3 is 14.6 Å². The molecule has 4 atom stereocenters. The maximum Gasteiger partial charge on any atom is 0.311 e. The quantitative estimate of drug-likeness (QED) is 0.822. The van der Waals surface area contributed by atoms with Gasteiger partial charge in [-0.2, -0.15) is 0 Å². The Balaban J connectivity index is 1.93. The van der Waals surface area contributed by atoms with Crippen molar-refractivity contribution < 1.29 is 19.4 Å². The van der Waals surface area contributed by atoms with Crippen LogP contribution in [0.25, 0.3) is 10.3 Å². The highest BCUT2D eigenvalue weighted by atomic mass is 32.1. The van der Waals surface area contributed by atoms with Gasteiger partial charge in [0.15, 0.2) is 11.9 Å². The zero-order chi connectivity index (χ0) is 17.4. The first-order valence-corrected chi connectivity index (χ1v) is 8.57. The summed E-state index contributed by atoms with van der Waals surface area (Å²) in [5.74, 6) is 0.134. The zero-order valence-electron chi connectivity index (χ0n) is 13.6. The molecule has 0 radical (unpaired) electrons. The van der Waals surface area contributed by atoms with Crippen LogP contribution in [0.3, 0.4) is 0 Å². The summed E-state index contributed by atoms with van der Waals surface area (Å²) in [7, 11) is 0. The lowest BCUT2D eigenvalue weighted by molar-refractivity contribution is -0.156. The number of carbonyl (C=O) groups excluding carboxylic acids is 1. The number of thiazole rings is 1.